The third-order valence-electron chi connectivity index (χ3n) is 1.79. The summed E-state index contributed by atoms with van der Waals surface area (Å²) in [4.78, 5) is 9.45. The first kappa shape index (κ1) is 9.10. The van der Waals surface area contributed by atoms with Crippen molar-refractivity contribution in [1.82, 2.24) is 9.97 Å². The first-order chi connectivity index (χ1) is 5.43. The number of nitrogens with one attached hydrogen (secondary N) is 1. The predicted molar refractivity (Wildman–Crippen MR) is 51.6 cm³/mol. The topological polar surface area (TPSA) is 31.9 Å². The molecule has 1 aromatic heterocycles. The fourth-order valence-corrected chi connectivity index (χ4v) is 1.18. The van der Waals surface area contributed by atoms with E-state index in [0.29, 0.717) is 0 Å². The lowest BCUT2D eigenvalue weighted by Crippen LogP contribution is -2.19. The molecular formula is C9H17N3. The van der Waals surface area contributed by atoms with Crippen LogP contribution in [0.5, 0.6) is 0 Å². The zero-order valence-electron chi connectivity index (χ0n) is 8.47. The fourth-order valence-electron chi connectivity index (χ4n) is 1.18. The molecule has 0 fully saturated rings. The molecule has 0 bridgehead atoms. The SMILES string of the molecule is CN(C)c1nc[nH]c1C(C)(C)C. The molecule has 3 heteroatoms. The minimum absolute atomic E-state index is 0.135. The van der Waals surface area contributed by atoms with Gasteiger partial charge in [0.15, 0.2) is 0 Å². The van der Waals surface area contributed by atoms with Crippen molar-refractivity contribution in [2.24, 2.45) is 0 Å². The van der Waals surface area contributed by atoms with Crippen molar-refractivity contribution >= 4 is 5.82 Å². The molecule has 1 aromatic rings. The number of hydrogen-bond acceptors (Lipinski definition) is 2. The van der Waals surface area contributed by atoms with Gasteiger partial charge in [-0.25, -0.2) is 4.98 Å². The molecule has 1 rings (SSSR count). The number of aromatic nitrogens is 2. The molecule has 3 nitrogen and oxygen atoms in total. The summed E-state index contributed by atoms with van der Waals surface area (Å²) in [5, 5.41) is 0. The van der Waals surface area contributed by atoms with Gasteiger partial charge in [-0.15, -0.1) is 0 Å². The van der Waals surface area contributed by atoms with E-state index in [1.165, 1.54) is 5.69 Å². The zero-order valence-corrected chi connectivity index (χ0v) is 8.47. The van der Waals surface area contributed by atoms with Gasteiger partial charge >= 0.3 is 0 Å². The summed E-state index contributed by atoms with van der Waals surface area (Å²) in [6.07, 6.45) is 1.75. The van der Waals surface area contributed by atoms with Gasteiger partial charge in [0.2, 0.25) is 0 Å². The smallest absolute Gasteiger partial charge is 0.149 e. The molecule has 0 atom stereocenters. The van der Waals surface area contributed by atoms with Gasteiger partial charge in [-0.1, -0.05) is 20.8 Å². The van der Waals surface area contributed by atoms with Crippen LogP contribution < -0.4 is 4.90 Å². The van der Waals surface area contributed by atoms with Crippen molar-refractivity contribution in [3.8, 4) is 0 Å². The first-order valence-electron chi connectivity index (χ1n) is 4.14. The number of rotatable bonds is 1. The number of nitrogens with zero attached hydrogens (tertiary/aromatic N) is 2. The minimum Gasteiger partial charge on any atom is -0.361 e. The van der Waals surface area contributed by atoms with Crippen molar-refractivity contribution in [2.75, 3.05) is 19.0 Å². The number of H-pyrrole nitrogens is 1. The molecule has 0 saturated heterocycles. The molecule has 0 spiro atoms. The van der Waals surface area contributed by atoms with Crippen LogP contribution in [-0.4, -0.2) is 24.1 Å². The summed E-state index contributed by atoms with van der Waals surface area (Å²) in [6, 6.07) is 0. The Hall–Kier alpha value is -0.990. The molecule has 12 heavy (non-hydrogen) atoms. The summed E-state index contributed by atoms with van der Waals surface area (Å²) < 4.78 is 0. The molecule has 0 unspecified atom stereocenters. The van der Waals surface area contributed by atoms with Crippen LogP contribution in [-0.2, 0) is 5.41 Å². The Morgan fingerprint density at radius 2 is 1.92 bits per heavy atom. The Morgan fingerprint density at radius 1 is 1.33 bits per heavy atom. The van der Waals surface area contributed by atoms with E-state index in [2.05, 4.69) is 30.7 Å². The molecular weight excluding hydrogens is 150 g/mol. The van der Waals surface area contributed by atoms with E-state index >= 15 is 0 Å². The van der Waals surface area contributed by atoms with Crippen LogP contribution in [0.4, 0.5) is 5.82 Å². The summed E-state index contributed by atoms with van der Waals surface area (Å²) in [7, 11) is 4.01. The van der Waals surface area contributed by atoms with E-state index < -0.39 is 0 Å². The normalized spacial score (nSPS) is 11.8. The van der Waals surface area contributed by atoms with Gasteiger partial charge in [0.05, 0.1) is 12.0 Å². The molecule has 0 aliphatic rings. The third-order valence-corrected chi connectivity index (χ3v) is 1.79. The monoisotopic (exact) mass is 167 g/mol. The van der Waals surface area contributed by atoms with Gasteiger partial charge in [0, 0.05) is 19.5 Å². The lowest BCUT2D eigenvalue weighted by atomic mass is 9.92. The molecule has 0 aliphatic carbocycles. The van der Waals surface area contributed by atoms with Crippen molar-refractivity contribution in [3.05, 3.63) is 12.0 Å². The Bertz CT molecular complexity index is 255. The van der Waals surface area contributed by atoms with E-state index in [0.717, 1.165) is 5.82 Å². The fraction of sp³-hybridized carbons (Fsp3) is 0.667. The van der Waals surface area contributed by atoms with Gasteiger partial charge in [-0.3, -0.25) is 0 Å². The van der Waals surface area contributed by atoms with E-state index in [9.17, 15) is 0 Å². The van der Waals surface area contributed by atoms with Gasteiger partial charge in [-0.05, 0) is 0 Å². The lowest BCUT2D eigenvalue weighted by molar-refractivity contribution is 0.572. The van der Waals surface area contributed by atoms with E-state index in [4.69, 9.17) is 0 Å². The van der Waals surface area contributed by atoms with Crippen LogP contribution >= 0.6 is 0 Å². The van der Waals surface area contributed by atoms with Crippen molar-refractivity contribution in [3.63, 3.8) is 0 Å². The largest absolute Gasteiger partial charge is 0.361 e. The van der Waals surface area contributed by atoms with Gasteiger partial charge in [0.1, 0.15) is 5.82 Å². The van der Waals surface area contributed by atoms with E-state index in [1.54, 1.807) is 6.33 Å². The predicted octanol–water partition coefficient (Wildman–Crippen LogP) is 1.77. The Morgan fingerprint density at radius 3 is 2.25 bits per heavy atom. The molecule has 68 valence electrons. The third kappa shape index (κ3) is 1.60. The van der Waals surface area contributed by atoms with Gasteiger partial charge in [0.25, 0.3) is 0 Å². The van der Waals surface area contributed by atoms with E-state index in [1.807, 2.05) is 19.0 Å². The highest BCUT2D eigenvalue weighted by atomic mass is 15.2. The van der Waals surface area contributed by atoms with Crippen LogP contribution in [0, 0.1) is 0 Å². The summed E-state index contributed by atoms with van der Waals surface area (Å²) >= 11 is 0. The summed E-state index contributed by atoms with van der Waals surface area (Å²) in [5.41, 5.74) is 1.32. The second kappa shape index (κ2) is 2.81. The maximum atomic E-state index is 4.25. The molecule has 0 aliphatic heterocycles. The molecule has 0 aromatic carbocycles. The first-order valence-corrected chi connectivity index (χ1v) is 4.14. The highest BCUT2D eigenvalue weighted by Crippen LogP contribution is 2.27. The number of aromatic amines is 1. The number of anilines is 1. The van der Waals surface area contributed by atoms with Gasteiger partial charge < -0.3 is 9.88 Å². The lowest BCUT2D eigenvalue weighted by Gasteiger charge is -2.21. The van der Waals surface area contributed by atoms with Crippen molar-refractivity contribution in [1.29, 1.82) is 0 Å². The Kier molecular flexibility index (Phi) is 2.13. The second-order valence-electron chi connectivity index (χ2n) is 4.25. The summed E-state index contributed by atoms with van der Waals surface area (Å²) in [5.74, 6) is 1.03. The highest BCUT2D eigenvalue weighted by Gasteiger charge is 2.20. The molecule has 0 amide bonds. The van der Waals surface area contributed by atoms with E-state index in [-0.39, 0.29) is 5.41 Å². The number of imidazole rings is 1. The standard InChI is InChI=1S/C9H17N3/c1-9(2,3)7-8(12(4)5)11-6-10-7/h6H,1-5H3,(H,10,11). The molecule has 0 radical (unpaired) electrons. The molecule has 1 heterocycles. The highest BCUT2D eigenvalue weighted by molar-refractivity contribution is 5.45. The Balaban J connectivity index is 3.08. The van der Waals surface area contributed by atoms with Crippen molar-refractivity contribution in [2.45, 2.75) is 26.2 Å². The average Bonchev–Trinajstić information content (AvgIpc) is 2.30. The maximum Gasteiger partial charge on any atom is 0.149 e. The zero-order chi connectivity index (χ0) is 9.35. The average molecular weight is 167 g/mol. The second-order valence-corrected chi connectivity index (χ2v) is 4.25. The Labute approximate surface area is 73.8 Å². The van der Waals surface area contributed by atoms with Crippen LogP contribution in [0.2, 0.25) is 0 Å². The minimum atomic E-state index is 0.135. The number of hydrogen-bond donors (Lipinski definition) is 1. The molecule has 0 saturated carbocycles. The van der Waals surface area contributed by atoms with Gasteiger partial charge in [-0.2, -0.15) is 0 Å². The summed E-state index contributed by atoms with van der Waals surface area (Å²) in [6.45, 7) is 6.52. The van der Waals surface area contributed by atoms with Crippen LogP contribution in [0.3, 0.4) is 0 Å². The van der Waals surface area contributed by atoms with Crippen LogP contribution in [0.1, 0.15) is 26.5 Å². The maximum absolute atomic E-state index is 4.25. The van der Waals surface area contributed by atoms with Crippen LogP contribution in [0.25, 0.3) is 0 Å². The van der Waals surface area contributed by atoms with Crippen LogP contribution in [0.15, 0.2) is 6.33 Å². The molecule has 1 N–H and O–H groups in total. The quantitative estimate of drug-likeness (QED) is 0.691. The van der Waals surface area contributed by atoms with Crippen molar-refractivity contribution < 1.29 is 0 Å².